The SMILES string of the molecule is Cc1cc(C)cc(NC(=O)c2sccc2N(C)S(=O)(=O)c2ccc(Cl)cc2)c1. The van der Waals surface area contributed by atoms with E-state index in [1.165, 1.54) is 42.6 Å². The number of thiophene rings is 1. The molecule has 28 heavy (non-hydrogen) atoms. The van der Waals surface area contributed by atoms with Gasteiger partial charge in [0.1, 0.15) is 4.88 Å². The standard InChI is InChI=1S/C20H19ClN2O3S2/c1-13-10-14(2)12-16(11-13)22-20(24)19-18(8-9-27-19)23(3)28(25,26)17-6-4-15(21)5-7-17/h4-12H,1-3H3,(H,22,24). The van der Waals surface area contributed by atoms with Crippen molar-refractivity contribution >= 4 is 50.2 Å². The van der Waals surface area contributed by atoms with E-state index in [4.69, 9.17) is 11.6 Å². The van der Waals surface area contributed by atoms with Gasteiger partial charge in [0.2, 0.25) is 0 Å². The van der Waals surface area contributed by atoms with Gasteiger partial charge < -0.3 is 5.32 Å². The number of hydrogen-bond acceptors (Lipinski definition) is 4. The highest BCUT2D eigenvalue weighted by Gasteiger charge is 2.26. The third-order valence-electron chi connectivity index (χ3n) is 4.14. The lowest BCUT2D eigenvalue weighted by Gasteiger charge is -2.20. The Morgan fingerprint density at radius 3 is 2.25 bits per heavy atom. The highest BCUT2D eigenvalue weighted by Crippen LogP contribution is 2.31. The number of rotatable bonds is 5. The minimum Gasteiger partial charge on any atom is -0.321 e. The van der Waals surface area contributed by atoms with Crippen molar-refractivity contribution < 1.29 is 13.2 Å². The van der Waals surface area contributed by atoms with Gasteiger partial charge in [0.05, 0.1) is 10.6 Å². The van der Waals surface area contributed by atoms with E-state index in [2.05, 4.69) is 5.32 Å². The molecule has 0 aliphatic rings. The maximum atomic E-state index is 12.9. The molecule has 2 aromatic carbocycles. The Labute approximate surface area is 173 Å². The number of nitrogens with zero attached hydrogens (tertiary/aromatic N) is 1. The molecule has 3 rings (SSSR count). The van der Waals surface area contributed by atoms with Crippen LogP contribution in [-0.4, -0.2) is 21.4 Å². The van der Waals surface area contributed by atoms with Crippen LogP contribution in [0.5, 0.6) is 0 Å². The molecule has 5 nitrogen and oxygen atoms in total. The molecule has 0 bridgehead atoms. The first-order valence-electron chi connectivity index (χ1n) is 8.40. The van der Waals surface area contributed by atoms with Gasteiger partial charge in [-0.2, -0.15) is 0 Å². The van der Waals surface area contributed by atoms with Crippen molar-refractivity contribution in [3.8, 4) is 0 Å². The van der Waals surface area contributed by atoms with Gasteiger partial charge in [-0.1, -0.05) is 17.7 Å². The van der Waals surface area contributed by atoms with Crippen LogP contribution in [0.15, 0.2) is 58.8 Å². The van der Waals surface area contributed by atoms with E-state index < -0.39 is 10.0 Å². The molecule has 1 N–H and O–H groups in total. The molecule has 1 amide bonds. The van der Waals surface area contributed by atoms with Crippen molar-refractivity contribution in [1.29, 1.82) is 0 Å². The lowest BCUT2D eigenvalue weighted by molar-refractivity contribution is 0.103. The summed E-state index contributed by atoms with van der Waals surface area (Å²) in [5, 5.41) is 5.00. The number of amides is 1. The summed E-state index contributed by atoms with van der Waals surface area (Å²) in [6, 6.07) is 13.3. The molecule has 146 valence electrons. The lowest BCUT2D eigenvalue weighted by atomic mass is 10.1. The summed E-state index contributed by atoms with van der Waals surface area (Å²) in [5.41, 5.74) is 3.06. The summed E-state index contributed by atoms with van der Waals surface area (Å²) in [4.78, 5) is 13.2. The Bertz CT molecular complexity index is 1100. The normalized spacial score (nSPS) is 11.3. The van der Waals surface area contributed by atoms with Gasteiger partial charge in [-0.05, 0) is 72.8 Å². The Hall–Kier alpha value is -2.35. The summed E-state index contributed by atoms with van der Waals surface area (Å²) >= 11 is 7.04. The molecule has 1 heterocycles. The third kappa shape index (κ3) is 4.22. The lowest BCUT2D eigenvalue weighted by Crippen LogP contribution is -2.28. The van der Waals surface area contributed by atoms with Gasteiger partial charge >= 0.3 is 0 Å². The minimum atomic E-state index is -3.82. The van der Waals surface area contributed by atoms with Crippen molar-refractivity contribution in [3.63, 3.8) is 0 Å². The maximum Gasteiger partial charge on any atom is 0.267 e. The molecule has 0 spiro atoms. The molecule has 0 aliphatic heterocycles. The number of benzene rings is 2. The fraction of sp³-hybridized carbons (Fsp3) is 0.150. The summed E-state index contributed by atoms with van der Waals surface area (Å²) < 4.78 is 27.0. The fourth-order valence-corrected chi connectivity index (χ4v) is 5.06. The Kier molecular flexibility index (Phi) is 5.79. The smallest absolute Gasteiger partial charge is 0.267 e. The van der Waals surface area contributed by atoms with Gasteiger partial charge in [-0.25, -0.2) is 8.42 Å². The second-order valence-corrected chi connectivity index (χ2v) is 9.71. The number of anilines is 2. The van der Waals surface area contributed by atoms with E-state index in [0.717, 1.165) is 15.4 Å². The van der Waals surface area contributed by atoms with Crippen LogP contribution < -0.4 is 9.62 Å². The first-order chi connectivity index (χ1) is 13.2. The third-order valence-corrected chi connectivity index (χ3v) is 7.08. The minimum absolute atomic E-state index is 0.103. The van der Waals surface area contributed by atoms with E-state index in [1.807, 2.05) is 32.0 Å². The van der Waals surface area contributed by atoms with Crippen molar-refractivity contribution in [3.05, 3.63) is 74.9 Å². The summed E-state index contributed by atoms with van der Waals surface area (Å²) in [6.07, 6.45) is 0. The number of carbonyl (C=O) groups excluding carboxylic acids is 1. The Balaban J connectivity index is 1.90. The zero-order chi connectivity index (χ0) is 20.5. The molecule has 0 unspecified atom stereocenters. The predicted molar refractivity (Wildman–Crippen MR) is 115 cm³/mol. The van der Waals surface area contributed by atoms with Crippen LogP contribution in [0.2, 0.25) is 5.02 Å². The highest BCUT2D eigenvalue weighted by atomic mass is 35.5. The summed E-state index contributed by atoms with van der Waals surface area (Å²) in [7, 11) is -2.39. The largest absolute Gasteiger partial charge is 0.321 e. The average molecular weight is 435 g/mol. The monoisotopic (exact) mass is 434 g/mol. The van der Waals surface area contributed by atoms with Crippen molar-refractivity contribution in [2.45, 2.75) is 18.7 Å². The molecule has 0 fully saturated rings. The Morgan fingerprint density at radius 2 is 1.64 bits per heavy atom. The predicted octanol–water partition coefficient (Wildman–Crippen LogP) is 5.10. The Morgan fingerprint density at radius 1 is 1.04 bits per heavy atom. The van der Waals surface area contributed by atoms with E-state index in [-0.39, 0.29) is 10.8 Å². The zero-order valence-corrected chi connectivity index (χ0v) is 18.0. The van der Waals surface area contributed by atoms with Crippen LogP contribution in [0.4, 0.5) is 11.4 Å². The molecule has 3 aromatic rings. The molecule has 0 aliphatic carbocycles. The maximum absolute atomic E-state index is 12.9. The first kappa shape index (κ1) is 20.4. The quantitative estimate of drug-likeness (QED) is 0.607. The topological polar surface area (TPSA) is 66.5 Å². The van der Waals surface area contributed by atoms with Crippen LogP contribution in [0, 0.1) is 13.8 Å². The molecule has 8 heteroatoms. The zero-order valence-electron chi connectivity index (χ0n) is 15.6. The molecule has 0 saturated carbocycles. The van der Waals surface area contributed by atoms with Gasteiger partial charge in [0.25, 0.3) is 15.9 Å². The van der Waals surface area contributed by atoms with Crippen molar-refractivity contribution in [2.24, 2.45) is 0 Å². The van der Waals surface area contributed by atoms with E-state index in [0.29, 0.717) is 21.3 Å². The molecule has 1 aromatic heterocycles. The first-order valence-corrected chi connectivity index (χ1v) is 11.1. The van der Waals surface area contributed by atoms with Gasteiger partial charge in [-0.15, -0.1) is 11.3 Å². The second-order valence-electron chi connectivity index (χ2n) is 6.39. The molecule has 0 saturated heterocycles. The van der Waals surface area contributed by atoms with Gasteiger partial charge in [0.15, 0.2) is 0 Å². The summed E-state index contributed by atoms with van der Waals surface area (Å²) in [6.45, 7) is 3.90. The molecular formula is C20H19ClN2O3S2. The highest BCUT2D eigenvalue weighted by molar-refractivity contribution is 7.92. The van der Waals surface area contributed by atoms with Crippen molar-refractivity contribution in [2.75, 3.05) is 16.7 Å². The number of halogens is 1. The van der Waals surface area contributed by atoms with Gasteiger partial charge in [0, 0.05) is 17.8 Å². The van der Waals surface area contributed by atoms with E-state index in [9.17, 15) is 13.2 Å². The molecule has 0 atom stereocenters. The van der Waals surface area contributed by atoms with Crippen LogP contribution >= 0.6 is 22.9 Å². The van der Waals surface area contributed by atoms with Gasteiger partial charge in [-0.3, -0.25) is 9.10 Å². The number of carbonyl (C=O) groups is 1. The number of aryl methyl sites for hydroxylation is 2. The van der Waals surface area contributed by atoms with Crippen LogP contribution in [0.25, 0.3) is 0 Å². The average Bonchev–Trinajstić information content (AvgIpc) is 3.10. The fourth-order valence-electron chi connectivity index (χ4n) is 2.85. The summed E-state index contributed by atoms with van der Waals surface area (Å²) in [5.74, 6) is -0.354. The molecular weight excluding hydrogens is 416 g/mol. The number of nitrogens with one attached hydrogen (secondary N) is 1. The van der Waals surface area contributed by atoms with Crippen molar-refractivity contribution in [1.82, 2.24) is 0 Å². The number of sulfonamides is 1. The van der Waals surface area contributed by atoms with Crippen LogP contribution in [-0.2, 0) is 10.0 Å². The molecule has 0 radical (unpaired) electrons. The number of hydrogen-bond donors (Lipinski definition) is 1. The second kappa shape index (κ2) is 7.95. The van der Waals surface area contributed by atoms with Crippen LogP contribution in [0.1, 0.15) is 20.8 Å². The van der Waals surface area contributed by atoms with E-state index in [1.54, 1.807) is 11.4 Å². The van der Waals surface area contributed by atoms with E-state index >= 15 is 0 Å². The van der Waals surface area contributed by atoms with Crippen LogP contribution in [0.3, 0.4) is 0 Å².